The lowest BCUT2D eigenvalue weighted by molar-refractivity contribution is -0.135. The van der Waals surface area contributed by atoms with Crippen molar-refractivity contribution in [2.24, 2.45) is 0 Å². The standard InChI is InChI=1S/C18H16N2O4/c1-12-6-5-7-13-17(12)19-11-20(18(13)22)10-16(21)24-15-9-4-3-8-14(15)23-2/h3-9,11H,10H2,1-2H3. The summed E-state index contributed by atoms with van der Waals surface area (Å²) in [7, 11) is 1.49. The fourth-order valence-electron chi connectivity index (χ4n) is 2.45. The Morgan fingerprint density at radius 1 is 1.12 bits per heavy atom. The van der Waals surface area contributed by atoms with Crippen LogP contribution in [0, 0.1) is 6.92 Å². The van der Waals surface area contributed by atoms with Crippen LogP contribution in [0.5, 0.6) is 11.5 Å². The second kappa shape index (κ2) is 6.54. The first-order chi connectivity index (χ1) is 11.6. The summed E-state index contributed by atoms with van der Waals surface area (Å²) >= 11 is 0. The van der Waals surface area contributed by atoms with Gasteiger partial charge in [0.2, 0.25) is 0 Å². The SMILES string of the molecule is COc1ccccc1OC(=O)Cn1cnc2c(C)cccc2c1=O. The van der Waals surface area contributed by atoms with Crippen LogP contribution in [0.3, 0.4) is 0 Å². The molecule has 0 aliphatic carbocycles. The average Bonchev–Trinajstić information content (AvgIpc) is 2.58. The predicted molar refractivity (Wildman–Crippen MR) is 89.4 cm³/mol. The van der Waals surface area contributed by atoms with E-state index < -0.39 is 5.97 Å². The van der Waals surface area contributed by atoms with E-state index in [1.807, 2.05) is 13.0 Å². The van der Waals surface area contributed by atoms with Gasteiger partial charge in [0.05, 0.1) is 24.3 Å². The molecule has 1 aromatic heterocycles. The second-order valence-electron chi connectivity index (χ2n) is 5.27. The Kier molecular flexibility index (Phi) is 4.29. The third-order valence-corrected chi connectivity index (χ3v) is 3.65. The smallest absolute Gasteiger partial charge is 0.331 e. The van der Waals surface area contributed by atoms with Gasteiger partial charge in [-0.05, 0) is 30.7 Å². The van der Waals surface area contributed by atoms with E-state index in [1.165, 1.54) is 18.0 Å². The van der Waals surface area contributed by atoms with Gasteiger partial charge in [-0.3, -0.25) is 9.36 Å². The number of hydrogen-bond acceptors (Lipinski definition) is 5. The molecule has 0 saturated carbocycles. The summed E-state index contributed by atoms with van der Waals surface area (Å²) in [6, 6.07) is 12.2. The van der Waals surface area contributed by atoms with Crippen molar-refractivity contribution in [3.63, 3.8) is 0 Å². The van der Waals surface area contributed by atoms with Gasteiger partial charge in [0.25, 0.3) is 5.56 Å². The van der Waals surface area contributed by atoms with Crippen molar-refractivity contribution in [3.8, 4) is 11.5 Å². The van der Waals surface area contributed by atoms with Gasteiger partial charge in [-0.2, -0.15) is 0 Å². The van der Waals surface area contributed by atoms with Crippen LogP contribution in [-0.4, -0.2) is 22.6 Å². The number of nitrogens with zero attached hydrogens (tertiary/aromatic N) is 2. The first-order valence-corrected chi connectivity index (χ1v) is 7.38. The molecule has 0 unspecified atom stereocenters. The Morgan fingerprint density at radius 3 is 2.62 bits per heavy atom. The molecule has 3 aromatic rings. The highest BCUT2D eigenvalue weighted by Crippen LogP contribution is 2.25. The lowest BCUT2D eigenvalue weighted by Gasteiger charge is -2.10. The predicted octanol–water partition coefficient (Wildman–Crippen LogP) is 2.32. The van der Waals surface area contributed by atoms with Crippen LogP contribution in [0.2, 0.25) is 0 Å². The number of methoxy groups -OCH3 is 1. The molecule has 6 nitrogen and oxygen atoms in total. The third-order valence-electron chi connectivity index (χ3n) is 3.65. The molecule has 6 heteroatoms. The van der Waals surface area contributed by atoms with Crippen molar-refractivity contribution in [2.75, 3.05) is 7.11 Å². The number of carbonyl (C=O) groups is 1. The molecule has 3 rings (SSSR count). The summed E-state index contributed by atoms with van der Waals surface area (Å²) in [5, 5.41) is 0.475. The number of carbonyl (C=O) groups excluding carboxylic acids is 1. The topological polar surface area (TPSA) is 70.4 Å². The van der Waals surface area contributed by atoms with Gasteiger partial charge >= 0.3 is 5.97 Å². The Labute approximate surface area is 138 Å². The summed E-state index contributed by atoms with van der Waals surface area (Å²) in [4.78, 5) is 28.9. The molecule has 0 saturated heterocycles. The number of aromatic nitrogens is 2. The molecule has 0 aliphatic rings. The van der Waals surface area contributed by atoms with Crippen LogP contribution >= 0.6 is 0 Å². The van der Waals surface area contributed by atoms with E-state index in [9.17, 15) is 9.59 Å². The Hall–Kier alpha value is -3.15. The molecule has 0 N–H and O–H groups in total. The van der Waals surface area contributed by atoms with Gasteiger partial charge in [0.1, 0.15) is 6.54 Å². The lowest BCUT2D eigenvalue weighted by atomic mass is 10.1. The molecule has 0 bridgehead atoms. The number of para-hydroxylation sites is 3. The van der Waals surface area contributed by atoms with Crippen LogP contribution in [-0.2, 0) is 11.3 Å². The zero-order valence-corrected chi connectivity index (χ0v) is 13.4. The van der Waals surface area contributed by atoms with Crippen molar-refractivity contribution in [1.82, 2.24) is 9.55 Å². The molecule has 0 fully saturated rings. The van der Waals surface area contributed by atoms with Crippen molar-refractivity contribution in [2.45, 2.75) is 13.5 Å². The van der Waals surface area contributed by atoms with Crippen molar-refractivity contribution >= 4 is 16.9 Å². The molecule has 0 radical (unpaired) electrons. The average molecular weight is 324 g/mol. The van der Waals surface area contributed by atoms with Gasteiger partial charge in [-0.25, -0.2) is 9.78 Å². The van der Waals surface area contributed by atoms with E-state index in [4.69, 9.17) is 9.47 Å². The number of fused-ring (bicyclic) bond motifs is 1. The minimum absolute atomic E-state index is 0.228. The first-order valence-electron chi connectivity index (χ1n) is 7.38. The van der Waals surface area contributed by atoms with Crippen LogP contribution < -0.4 is 15.0 Å². The number of aryl methyl sites for hydroxylation is 1. The molecule has 1 heterocycles. The van der Waals surface area contributed by atoms with E-state index >= 15 is 0 Å². The van der Waals surface area contributed by atoms with E-state index in [-0.39, 0.29) is 12.1 Å². The normalized spacial score (nSPS) is 10.6. The minimum atomic E-state index is -0.574. The number of ether oxygens (including phenoxy) is 2. The summed E-state index contributed by atoms with van der Waals surface area (Å²) in [5.74, 6) is 0.184. The number of esters is 1. The van der Waals surface area contributed by atoms with E-state index in [0.717, 1.165) is 5.56 Å². The highest BCUT2D eigenvalue weighted by molar-refractivity contribution is 5.81. The number of rotatable bonds is 4. The van der Waals surface area contributed by atoms with Crippen LogP contribution in [0.1, 0.15) is 5.56 Å². The second-order valence-corrected chi connectivity index (χ2v) is 5.27. The van der Waals surface area contributed by atoms with Crippen LogP contribution in [0.15, 0.2) is 53.6 Å². The molecule has 0 spiro atoms. The van der Waals surface area contributed by atoms with Crippen LogP contribution in [0.25, 0.3) is 10.9 Å². The lowest BCUT2D eigenvalue weighted by Crippen LogP contribution is -2.27. The quantitative estimate of drug-likeness (QED) is 0.544. The van der Waals surface area contributed by atoms with Crippen LogP contribution in [0.4, 0.5) is 0 Å². The Morgan fingerprint density at radius 2 is 1.88 bits per heavy atom. The van der Waals surface area contributed by atoms with Gasteiger partial charge < -0.3 is 9.47 Å². The van der Waals surface area contributed by atoms with E-state index in [0.29, 0.717) is 22.4 Å². The molecule has 122 valence electrons. The van der Waals surface area contributed by atoms with E-state index in [1.54, 1.807) is 36.4 Å². The molecule has 0 aliphatic heterocycles. The zero-order valence-electron chi connectivity index (χ0n) is 13.4. The van der Waals surface area contributed by atoms with E-state index in [2.05, 4.69) is 4.98 Å². The highest BCUT2D eigenvalue weighted by Gasteiger charge is 2.13. The van der Waals surface area contributed by atoms with Crippen molar-refractivity contribution < 1.29 is 14.3 Å². The monoisotopic (exact) mass is 324 g/mol. The summed E-state index contributed by atoms with van der Waals surface area (Å²) in [6.07, 6.45) is 1.36. The molecule has 0 atom stereocenters. The summed E-state index contributed by atoms with van der Waals surface area (Å²) in [6.45, 7) is 1.66. The van der Waals surface area contributed by atoms with Gasteiger partial charge in [-0.15, -0.1) is 0 Å². The number of hydrogen-bond donors (Lipinski definition) is 0. The summed E-state index contributed by atoms with van der Waals surface area (Å²) in [5.41, 5.74) is 1.27. The molecular weight excluding hydrogens is 308 g/mol. The highest BCUT2D eigenvalue weighted by atomic mass is 16.6. The minimum Gasteiger partial charge on any atom is -0.493 e. The largest absolute Gasteiger partial charge is 0.493 e. The Bertz CT molecular complexity index is 963. The van der Waals surface area contributed by atoms with Gasteiger partial charge in [0.15, 0.2) is 11.5 Å². The maximum absolute atomic E-state index is 12.5. The van der Waals surface area contributed by atoms with Gasteiger partial charge in [0, 0.05) is 0 Å². The fraction of sp³-hybridized carbons (Fsp3) is 0.167. The van der Waals surface area contributed by atoms with Gasteiger partial charge in [-0.1, -0.05) is 24.3 Å². The van der Waals surface area contributed by atoms with Crippen molar-refractivity contribution in [1.29, 1.82) is 0 Å². The maximum Gasteiger partial charge on any atom is 0.331 e. The third kappa shape index (κ3) is 2.99. The molecular formula is C18H16N2O4. The molecule has 24 heavy (non-hydrogen) atoms. The summed E-state index contributed by atoms with van der Waals surface area (Å²) < 4.78 is 11.6. The molecule has 0 amide bonds. The number of benzene rings is 2. The zero-order chi connectivity index (χ0) is 17.1. The van der Waals surface area contributed by atoms with Crippen molar-refractivity contribution in [3.05, 3.63) is 64.7 Å². The molecule has 2 aromatic carbocycles. The Balaban J connectivity index is 1.86. The maximum atomic E-state index is 12.5. The first kappa shape index (κ1) is 15.7. The fourth-order valence-corrected chi connectivity index (χ4v) is 2.45.